The van der Waals surface area contributed by atoms with E-state index in [1.807, 2.05) is 24.0 Å². The summed E-state index contributed by atoms with van der Waals surface area (Å²) in [6.07, 6.45) is 0. The van der Waals surface area contributed by atoms with E-state index in [1.165, 1.54) is 7.11 Å². The van der Waals surface area contributed by atoms with E-state index in [-0.39, 0.29) is 18.4 Å². The molecule has 1 amide bonds. The van der Waals surface area contributed by atoms with E-state index in [1.54, 1.807) is 43.5 Å². The normalized spacial score (nSPS) is 10.5. The number of ether oxygens (including phenoxy) is 2. The van der Waals surface area contributed by atoms with E-state index in [4.69, 9.17) is 9.47 Å². The minimum Gasteiger partial charge on any atom is -0.497 e. The van der Waals surface area contributed by atoms with Crippen LogP contribution in [0.3, 0.4) is 0 Å². The quantitative estimate of drug-likeness (QED) is 0.737. The number of hydrogen-bond acceptors (Lipinski definition) is 5. The molecule has 0 heterocycles. The van der Waals surface area contributed by atoms with Gasteiger partial charge in [-0.2, -0.15) is 0 Å². The number of amides is 1. The first-order valence-corrected chi connectivity index (χ1v) is 8.39. The molecular formula is C20H24N2O4. The number of rotatable bonds is 8. The Bertz CT molecular complexity index is 726. The van der Waals surface area contributed by atoms with Crippen molar-refractivity contribution in [1.29, 1.82) is 0 Å². The molecule has 2 aromatic carbocycles. The third-order valence-corrected chi connectivity index (χ3v) is 3.97. The third kappa shape index (κ3) is 5.60. The van der Waals surface area contributed by atoms with Gasteiger partial charge < -0.3 is 14.8 Å². The van der Waals surface area contributed by atoms with Crippen LogP contribution >= 0.6 is 0 Å². The van der Waals surface area contributed by atoms with Gasteiger partial charge in [-0.15, -0.1) is 0 Å². The maximum Gasteiger partial charge on any atom is 0.337 e. The van der Waals surface area contributed by atoms with Crippen LogP contribution in [0.2, 0.25) is 0 Å². The predicted molar refractivity (Wildman–Crippen MR) is 100 cm³/mol. The van der Waals surface area contributed by atoms with Gasteiger partial charge in [-0.3, -0.25) is 9.69 Å². The molecule has 2 rings (SSSR count). The summed E-state index contributed by atoms with van der Waals surface area (Å²) in [6, 6.07) is 14.4. The summed E-state index contributed by atoms with van der Waals surface area (Å²) < 4.78 is 9.79. The lowest BCUT2D eigenvalue weighted by Gasteiger charge is -2.20. The number of nitrogens with zero attached hydrogens (tertiary/aromatic N) is 1. The number of carbonyl (C=O) groups excluding carboxylic acids is 2. The minimum absolute atomic E-state index is 0.0804. The fourth-order valence-corrected chi connectivity index (χ4v) is 2.48. The topological polar surface area (TPSA) is 67.9 Å². The summed E-state index contributed by atoms with van der Waals surface area (Å²) in [7, 11) is 2.96. The molecule has 0 saturated carbocycles. The van der Waals surface area contributed by atoms with Crippen LogP contribution in [0.5, 0.6) is 5.75 Å². The largest absolute Gasteiger partial charge is 0.497 e. The van der Waals surface area contributed by atoms with Crippen molar-refractivity contribution in [3.8, 4) is 5.75 Å². The SMILES string of the molecule is CCN(CC(=O)Nc1ccc(OC)cc1)Cc1ccc(C(=O)OC)cc1. The van der Waals surface area contributed by atoms with E-state index >= 15 is 0 Å². The van der Waals surface area contributed by atoms with Crippen molar-refractivity contribution in [2.45, 2.75) is 13.5 Å². The highest BCUT2D eigenvalue weighted by molar-refractivity contribution is 5.92. The molecule has 1 N–H and O–H groups in total. The molecule has 0 spiro atoms. The average Bonchev–Trinajstić information content (AvgIpc) is 2.68. The van der Waals surface area contributed by atoms with Gasteiger partial charge in [0.25, 0.3) is 0 Å². The molecule has 0 radical (unpaired) electrons. The molecule has 0 aliphatic heterocycles. The highest BCUT2D eigenvalue weighted by Gasteiger charge is 2.11. The van der Waals surface area contributed by atoms with Gasteiger partial charge >= 0.3 is 5.97 Å². The monoisotopic (exact) mass is 356 g/mol. The molecule has 0 bridgehead atoms. The van der Waals surface area contributed by atoms with Crippen LogP contribution in [-0.2, 0) is 16.1 Å². The van der Waals surface area contributed by atoms with Crippen LogP contribution in [-0.4, -0.2) is 44.1 Å². The lowest BCUT2D eigenvalue weighted by molar-refractivity contribution is -0.117. The number of carbonyl (C=O) groups is 2. The zero-order chi connectivity index (χ0) is 18.9. The van der Waals surface area contributed by atoms with Crippen LogP contribution < -0.4 is 10.1 Å². The first kappa shape index (κ1) is 19.5. The maximum atomic E-state index is 12.3. The molecule has 6 nitrogen and oxygen atoms in total. The fourth-order valence-electron chi connectivity index (χ4n) is 2.48. The molecular weight excluding hydrogens is 332 g/mol. The van der Waals surface area contributed by atoms with Gasteiger partial charge in [0.05, 0.1) is 26.3 Å². The molecule has 0 unspecified atom stereocenters. The first-order chi connectivity index (χ1) is 12.5. The van der Waals surface area contributed by atoms with E-state index in [9.17, 15) is 9.59 Å². The zero-order valence-corrected chi connectivity index (χ0v) is 15.3. The third-order valence-electron chi connectivity index (χ3n) is 3.97. The van der Waals surface area contributed by atoms with E-state index in [0.29, 0.717) is 12.1 Å². The van der Waals surface area contributed by atoms with Crippen molar-refractivity contribution in [2.75, 3.05) is 32.6 Å². The number of anilines is 1. The van der Waals surface area contributed by atoms with Gasteiger partial charge in [0.2, 0.25) is 5.91 Å². The number of esters is 1. The second-order valence-corrected chi connectivity index (χ2v) is 5.77. The molecule has 0 aliphatic carbocycles. The molecule has 0 saturated heterocycles. The lowest BCUT2D eigenvalue weighted by Crippen LogP contribution is -2.32. The fraction of sp³-hybridized carbons (Fsp3) is 0.300. The van der Waals surface area contributed by atoms with Crippen molar-refractivity contribution in [3.63, 3.8) is 0 Å². The summed E-state index contributed by atoms with van der Waals surface area (Å²) >= 11 is 0. The summed E-state index contributed by atoms with van der Waals surface area (Å²) in [5.74, 6) is 0.305. The highest BCUT2D eigenvalue weighted by Crippen LogP contribution is 2.15. The van der Waals surface area contributed by atoms with Crippen LogP contribution in [0.4, 0.5) is 5.69 Å². The Morgan fingerprint density at radius 2 is 1.65 bits per heavy atom. The van der Waals surface area contributed by atoms with Crippen molar-refractivity contribution >= 4 is 17.6 Å². The molecule has 26 heavy (non-hydrogen) atoms. The van der Waals surface area contributed by atoms with E-state index in [2.05, 4.69) is 5.32 Å². The average molecular weight is 356 g/mol. The van der Waals surface area contributed by atoms with Crippen LogP contribution in [0.15, 0.2) is 48.5 Å². The maximum absolute atomic E-state index is 12.3. The predicted octanol–water partition coefficient (Wildman–Crippen LogP) is 2.94. The van der Waals surface area contributed by atoms with E-state index in [0.717, 1.165) is 23.5 Å². The number of benzene rings is 2. The van der Waals surface area contributed by atoms with Gasteiger partial charge in [0.15, 0.2) is 0 Å². The molecule has 0 aliphatic rings. The molecule has 6 heteroatoms. The smallest absolute Gasteiger partial charge is 0.337 e. The second-order valence-electron chi connectivity index (χ2n) is 5.77. The Kier molecular flexibility index (Phi) is 7.17. The lowest BCUT2D eigenvalue weighted by atomic mass is 10.1. The van der Waals surface area contributed by atoms with Gasteiger partial charge in [-0.25, -0.2) is 4.79 Å². The van der Waals surface area contributed by atoms with Crippen molar-refractivity contribution in [1.82, 2.24) is 4.90 Å². The molecule has 0 atom stereocenters. The summed E-state index contributed by atoms with van der Waals surface area (Å²) in [5.41, 5.74) is 2.27. The number of likely N-dealkylation sites (N-methyl/N-ethyl adjacent to an activating group) is 1. The summed E-state index contributed by atoms with van der Waals surface area (Å²) in [5, 5.41) is 2.88. The molecule has 138 valence electrons. The van der Waals surface area contributed by atoms with Gasteiger partial charge in [-0.1, -0.05) is 19.1 Å². The molecule has 0 fully saturated rings. The van der Waals surface area contributed by atoms with Gasteiger partial charge in [0, 0.05) is 12.2 Å². The Morgan fingerprint density at radius 3 is 2.19 bits per heavy atom. The Balaban J connectivity index is 1.91. The van der Waals surface area contributed by atoms with Gasteiger partial charge in [0.1, 0.15) is 5.75 Å². The Labute approximate surface area is 153 Å². The summed E-state index contributed by atoms with van der Waals surface area (Å²) in [4.78, 5) is 25.8. The standard InChI is InChI=1S/C20H24N2O4/c1-4-22(13-15-5-7-16(8-6-15)20(24)26-3)14-19(23)21-17-9-11-18(25-2)12-10-17/h5-12H,4,13-14H2,1-3H3,(H,21,23). The van der Waals surface area contributed by atoms with Gasteiger partial charge in [-0.05, 0) is 48.5 Å². The first-order valence-electron chi connectivity index (χ1n) is 8.39. The summed E-state index contributed by atoms with van der Waals surface area (Å²) in [6.45, 7) is 3.63. The van der Waals surface area contributed by atoms with Crippen molar-refractivity contribution in [2.24, 2.45) is 0 Å². The van der Waals surface area contributed by atoms with E-state index < -0.39 is 0 Å². The van der Waals surface area contributed by atoms with Crippen LogP contribution in [0.25, 0.3) is 0 Å². The number of methoxy groups -OCH3 is 2. The zero-order valence-electron chi connectivity index (χ0n) is 15.3. The second kappa shape index (κ2) is 9.58. The Morgan fingerprint density at radius 1 is 1.00 bits per heavy atom. The van der Waals surface area contributed by atoms with Crippen LogP contribution in [0, 0.1) is 0 Å². The van der Waals surface area contributed by atoms with Crippen molar-refractivity contribution < 1.29 is 19.1 Å². The van der Waals surface area contributed by atoms with Crippen LogP contribution in [0.1, 0.15) is 22.8 Å². The minimum atomic E-state index is -0.359. The van der Waals surface area contributed by atoms with Crippen molar-refractivity contribution in [3.05, 3.63) is 59.7 Å². The number of hydrogen-bond donors (Lipinski definition) is 1. The molecule has 0 aromatic heterocycles. The number of nitrogens with one attached hydrogen (secondary N) is 1. The Hall–Kier alpha value is -2.86. The highest BCUT2D eigenvalue weighted by atomic mass is 16.5. The molecule has 2 aromatic rings.